The van der Waals surface area contributed by atoms with Gasteiger partial charge in [0.2, 0.25) is 5.88 Å². The van der Waals surface area contributed by atoms with Gasteiger partial charge >= 0.3 is 5.69 Å². The molecular weight excluding hydrogens is 312 g/mol. The highest BCUT2D eigenvalue weighted by atomic mass is 32.2. The summed E-state index contributed by atoms with van der Waals surface area (Å²) in [6, 6.07) is 9.72. The van der Waals surface area contributed by atoms with Crippen molar-refractivity contribution in [2.45, 2.75) is 19.8 Å². The van der Waals surface area contributed by atoms with Crippen LogP contribution in [0.15, 0.2) is 45.7 Å². The van der Waals surface area contributed by atoms with Gasteiger partial charge < -0.3 is 5.11 Å². The fourth-order valence-electron chi connectivity index (χ4n) is 1.87. The molecule has 3 N–H and O–H groups in total. The van der Waals surface area contributed by atoms with Gasteiger partial charge in [-0.25, -0.2) is 4.79 Å². The molecule has 0 radical (unpaired) electrons. The number of aromatic nitrogens is 2. The average molecular weight is 330 g/mol. The van der Waals surface area contributed by atoms with E-state index >= 15 is 0 Å². The van der Waals surface area contributed by atoms with Gasteiger partial charge in [0.05, 0.1) is 4.91 Å². The number of thioether (sulfide) groups is 1. The van der Waals surface area contributed by atoms with Crippen LogP contribution in [0.1, 0.15) is 30.9 Å². The van der Waals surface area contributed by atoms with Gasteiger partial charge in [-0.1, -0.05) is 43.7 Å². The van der Waals surface area contributed by atoms with Crippen LogP contribution >= 0.6 is 11.8 Å². The number of benzene rings is 1. The summed E-state index contributed by atoms with van der Waals surface area (Å²) >= 11 is 1.64. The Morgan fingerprint density at radius 2 is 2.00 bits per heavy atom. The lowest BCUT2D eigenvalue weighted by atomic mass is 10.2. The summed E-state index contributed by atoms with van der Waals surface area (Å²) in [6.45, 7) is 2.13. The molecule has 6 heteroatoms. The molecule has 0 spiro atoms. The molecule has 0 aliphatic heterocycles. The van der Waals surface area contributed by atoms with Gasteiger partial charge in [0.25, 0.3) is 5.56 Å². The summed E-state index contributed by atoms with van der Waals surface area (Å²) in [6.07, 6.45) is 3.57. The van der Waals surface area contributed by atoms with Crippen molar-refractivity contribution in [1.82, 2.24) is 9.97 Å². The second-order valence-corrected chi connectivity index (χ2v) is 5.96. The molecule has 2 rings (SSSR count). The van der Waals surface area contributed by atoms with Crippen molar-refractivity contribution in [2.75, 3.05) is 5.75 Å². The molecule has 1 heterocycles. The monoisotopic (exact) mass is 330 g/mol. The lowest BCUT2D eigenvalue weighted by Crippen LogP contribution is -2.23. The standard InChI is InChI=1S/C17H18N2O3S/c1-2-3-11-23-14(12-7-5-4-6-8-12)10-9-13-15(20)18-17(22)19-16(13)21/h4-9H,2-3,11H2,1H3,(H3,18,19,20,21,22). The lowest BCUT2D eigenvalue weighted by molar-refractivity contribution is 0.447. The highest BCUT2D eigenvalue weighted by molar-refractivity contribution is 8.08. The first-order chi connectivity index (χ1) is 11.1. The quantitative estimate of drug-likeness (QED) is 0.561. The van der Waals surface area contributed by atoms with Crippen LogP contribution in [0.3, 0.4) is 0 Å². The molecule has 0 fully saturated rings. The molecule has 23 heavy (non-hydrogen) atoms. The van der Waals surface area contributed by atoms with Crippen LogP contribution in [-0.2, 0) is 0 Å². The maximum absolute atomic E-state index is 11.7. The second kappa shape index (κ2) is 8.27. The van der Waals surface area contributed by atoms with Crippen LogP contribution in [0, 0.1) is 0 Å². The molecular formula is C17H18N2O3S. The minimum absolute atomic E-state index is 0.0193. The number of nitrogens with one attached hydrogen (secondary N) is 2. The molecule has 5 nitrogen and oxygen atoms in total. The summed E-state index contributed by atoms with van der Waals surface area (Å²) < 4.78 is 0. The zero-order valence-corrected chi connectivity index (χ0v) is 13.6. The van der Waals surface area contributed by atoms with Crippen molar-refractivity contribution in [2.24, 2.45) is 0 Å². The van der Waals surface area contributed by atoms with Gasteiger partial charge in [0.15, 0.2) is 0 Å². The number of aromatic hydroxyl groups is 1. The zero-order valence-electron chi connectivity index (χ0n) is 12.8. The van der Waals surface area contributed by atoms with Crippen molar-refractivity contribution < 1.29 is 5.11 Å². The Balaban J connectivity index is 2.44. The van der Waals surface area contributed by atoms with Gasteiger partial charge in [0.1, 0.15) is 5.56 Å². The third kappa shape index (κ3) is 4.77. The molecule has 0 atom stereocenters. The Bertz CT molecular complexity index is 831. The molecule has 0 aliphatic carbocycles. The van der Waals surface area contributed by atoms with E-state index in [2.05, 4.69) is 22.6 Å². The molecule has 1 aromatic heterocycles. The van der Waals surface area contributed by atoms with Crippen LogP contribution in [0.25, 0.3) is 11.0 Å². The molecule has 120 valence electrons. The Hall–Kier alpha value is -2.43. The number of rotatable bonds is 6. The van der Waals surface area contributed by atoms with E-state index in [0.717, 1.165) is 29.1 Å². The van der Waals surface area contributed by atoms with Crippen LogP contribution in [0.4, 0.5) is 0 Å². The number of aromatic amines is 2. The van der Waals surface area contributed by atoms with Gasteiger partial charge in [-0.05, 0) is 23.8 Å². The topological polar surface area (TPSA) is 85.9 Å². The van der Waals surface area contributed by atoms with E-state index in [4.69, 9.17) is 0 Å². The molecule has 0 bridgehead atoms. The maximum Gasteiger partial charge on any atom is 0.328 e. The number of H-pyrrole nitrogens is 2. The third-order valence-corrected chi connectivity index (χ3v) is 4.22. The van der Waals surface area contributed by atoms with Gasteiger partial charge in [-0.2, -0.15) is 0 Å². The molecule has 0 saturated heterocycles. The van der Waals surface area contributed by atoms with Crippen LogP contribution in [-0.4, -0.2) is 20.8 Å². The van der Waals surface area contributed by atoms with E-state index in [1.807, 2.05) is 30.3 Å². The van der Waals surface area contributed by atoms with Crippen molar-refractivity contribution in [3.05, 3.63) is 68.0 Å². The average Bonchev–Trinajstić information content (AvgIpc) is 2.53. The highest BCUT2D eigenvalue weighted by Gasteiger charge is 2.05. The van der Waals surface area contributed by atoms with Crippen molar-refractivity contribution in [1.29, 1.82) is 0 Å². The molecule has 0 amide bonds. The minimum atomic E-state index is -0.741. The molecule has 2 aromatic rings. The summed E-state index contributed by atoms with van der Waals surface area (Å²) in [5, 5.41) is 9.71. The van der Waals surface area contributed by atoms with E-state index in [-0.39, 0.29) is 5.56 Å². The molecule has 0 saturated carbocycles. The van der Waals surface area contributed by atoms with Crippen LogP contribution in [0.5, 0.6) is 5.88 Å². The third-order valence-electron chi connectivity index (χ3n) is 3.09. The smallest absolute Gasteiger partial charge is 0.328 e. The Morgan fingerprint density at radius 3 is 2.65 bits per heavy atom. The Labute approximate surface area is 137 Å². The fraction of sp³-hybridized carbons (Fsp3) is 0.235. The lowest BCUT2D eigenvalue weighted by Gasteiger charge is -2.04. The first kappa shape index (κ1) is 16.9. The SMILES string of the molecule is CCCCSC(=C=Cc1c(O)[nH]c(=O)[nH]c1=O)c1ccccc1. The van der Waals surface area contributed by atoms with E-state index in [1.165, 1.54) is 6.08 Å². The van der Waals surface area contributed by atoms with Gasteiger partial charge in [-0.3, -0.25) is 14.8 Å². The van der Waals surface area contributed by atoms with Crippen molar-refractivity contribution >= 4 is 22.7 Å². The predicted molar refractivity (Wildman–Crippen MR) is 94.5 cm³/mol. The highest BCUT2D eigenvalue weighted by Crippen LogP contribution is 2.27. The number of hydrogen-bond acceptors (Lipinski definition) is 4. The first-order valence-electron chi connectivity index (χ1n) is 7.32. The van der Waals surface area contributed by atoms with E-state index in [9.17, 15) is 14.7 Å². The molecule has 0 aliphatic rings. The number of unbranched alkanes of at least 4 members (excludes halogenated alkanes) is 1. The van der Waals surface area contributed by atoms with Crippen LogP contribution < -0.4 is 11.2 Å². The van der Waals surface area contributed by atoms with Crippen LogP contribution in [0.2, 0.25) is 0 Å². The van der Waals surface area contributed by atoms with Crippen molar-refractivity contribution in [3.8, 4) is 5.88 Å². The van der Waals surface area contributed by atoms with E-state index in [1.54, 1.807) is 11.8 Å². The molecule has 1 aromatic carbocycles. The summed E-state index contributed by atoms with van der Waals surface area (Å²) in [4.78, 5) is 27.9. The zero-order chi connectivity index (χ0) is 16.7. The van der Waals surface area contributed by atoms with E-state index in [0.29, 0.717) is 0 Å². The minimum Gasteiger partial charge on any atom is -0.494 e. The Kier molecular flexibility index (Phi) is 6.09. The normalized spacial score (nSPS) is 10.1. The first-order valence-corrected chi connectivity index (χ1v) is 8.31. The van der Waals surface area contributed by atoms with Crippen molar-refractivity contribution in [3.63, 3.8) is 0 Å². The largest absolute Gasteiger partial charge is 0.494 e. The van der Waals surface area contributed by atoms with Gasteiger partial charge in [-0.15, -0.1) is 17.5 Å². The predicted octanol–water partition coefficient (Wildman–Crippen LogP) is 2.96. The van der Waals surface area contributed by atoms with E-state index < -0.39 is 17.1 Å². The second-order valence-electron chi connectivity index (χ2n) is 4.86. The Morgan fingerprint density at radius 1 is 1.26 bits per heavy atom. The summed E-state index contributed by atoms with van der Waals surface area (Å²) in [5.74, 6) is 0.479. The summed E-state index contributed by atoms with van der Waals surface area (Å²) in [5.41, 5.74) is 2.65. The fourth-order valence-corrected chi connectivity index (χ4v) is 2.95. The number of hydrogen-bond donors (Lipinski definition) is 3. The maximum atomic E-state index is 11.7. The van der Waals surface area contributed by atoms with Gasteiger partial charge in [0, 0.05) is 0 Å². The molecule has 0 unspecified atom stereocenters. The summed E-state index contributed by atoms with van der Waals surface area (Å²) in [7, 11) is 0.